The van der Waals surface area contributed by atoms with Gasteiger partial charge < -0.3 is 5.21 Å². The van der Waals surface area contributed by atoms with E-state index in [1.807, 2.05) is 12.4 Å². The zero-order valence-corrected chi connectivity index (χ0v) is 7.19. The minimum atomic E-state index is -0.248. The van der Waals surface area contributed by atoms with E-state index in [1.54, 1.807) is 19.1 Å². The first-order chi connectivity index (χ1) is 5.65. The number of hydroxylamine groups is 1. The molecule has 3 heteroatoms. The third-order valence-electron chi connectivity index (χ3n) is 1.74. The van der Waals surface area contributed by atoms with Gasteiger partial charge in [0.1, 0.15) is 5.82 Å². The van der Waals surface area contributed by atoms with Gasteiger partial charge in [-0.25, -0.2) is 9.87 Å². The molecule has 12 heavy (non-hydrogen) atoms. The van der Waals surface area contributed by atoms with Crippen LogP contribution >= 0.6 is 0 Å². The molecule has 0 aromatic heterocycles. The van der Waals surface area contributed by atoms with Gasteiger partial charge >= 0.3 is 0 Å². The van der Waals surface area contributed by atoms with E-state index in [0.29, 0.717) is 11.1 Å². The second-order valence-corrected chi connectivity index (χ2v) is 2.89. The first-order valence-corrected chi connectivity index (χ1v) is 3.77. The normalized spacial score (nSPS) is 10.3. The van der Waals surface area contributed by atoms with Gasteiger partial charge in [0, 0.05) is 12.1 Å². The van der Waals surface area contributed by atoms with Crippen molar-refractivity contribution in [2.24, 2.45) is 0 Å². The fourth-order valence-electron chi connectivity index (χ4n) is 1.25. The molecule has 0 bridgehead atoms. The highest BCUT2D eigenvalue weighted by molar-refractivity contribution is 5.30. The summed E-state index contributed by atoms with van der Waals surface area (Å²) in [5, 5.41) is 8.41. The molecule has 0 saturated heterocycles. The number of benzene rings is 1. The summed E-state index contributed by atoms with van der Waals surface area (Å²) in [6.45, 7) is 3.75. The smallest absolute Gasteiger partial charge is 0.130 e. The van der Waals surface area contributed by atoms with Gasteiger partial charge in [0.15, 0.2) is 0 Å². The Morgan fingerprint density at radius 1 is 1.42 bits per heavy atom. The Balaban J connectivity index is 3.09. The molecule has 66 valence electrons. The Hall–Kier alpha value is -0.930. The van der Waals surface area contributed by atoms with Crippen LogP contribution in [0.4, 0.5) is 4.39 Å². The van der Waals surface area contributed by atoms with E-state index in [0.717, 1.165) is 5.56 Å². The number of halogens is 1. The first-order valence-electron chi connectivity index (χ1n) is 3.77. The highest BCUT2D eigenvalue weighted by Crippen LogP contribution is 2.14. The van der Waals surface area contributed by atoms with Gasteiger partial charge in [0.2, 0.25) is 0 Å². The number of hydrogen-bond acceptors (Lipinski definition) is 2. The summed E-state index contributed by atoms with van der Waals surface area (Å²) in [6, 6.07) is 3.49. The van der Waals surface area contributed by atoms with Gasteiger partial charge in [-0.3, -0.25) is 0 Å². The van der Waals surface area contributed by atoms with Crippen molar-refractivity contribution in [1.82, 2.24) is 5.48 Å². The summed E-state index contributed by atoms with van der Waals surface area (Å²) in [5.74, 6) is -0.248. The summed E-state index contributed by atoms with van der Waals surface area (Å²) in [4.78, 5) is 0. The van der Waals surface area contributed by atoms with Crippen molar-refractivity contribution in [2.45, 2.75) is 20.4 Å². The average molecular weight is 169 g/mol. The predicted octanol–water partition coefficient (Wildman–Crippen LogP) is 1.92. The Morgan fingerprint density at radius 2 is 2.08 bits per heavy atom. The maximum Gasteiger partial charge on any atom is 0.130 e. The van der Waals surface area contributed by atoms with Crippen molar-refractivity contribution in [3.63, 3.8) is 0 Å². The lowest BCUT2D eigenvalue weighted by Gasteiger charge is -2.05. The van der Waals surface area contributed by atoms with Crippen LogP contribution in [0.1, 0.15) is 16.7 Å². The molecule has 1 aromatic carbocycles. The first kappa shape index (κ1) is 9.16. The molecule has 0 fully saturated rings. The Labute approximate surface area is 71.0 Å². The van der Waals surface area contributed by atoms with Crippen LogP contribution in [-0.4, -0.2) is 5.21 Å². The quantitative estimate of drug-likeness (QED) is 0.663. The molecule has 0 heterocycles. The molecule has 0 spiro atoms. The van der Waals surface area contributed by atoms with Gasteiger partial charge in [-0.2, -0.15) is 0 Å². The zero-order chi connectivity index (χ0) is 9.14. The third-order valence-corrected chi connectivity index (χ3v) is 1.74. The highest BCUT2D eigenvalue weighted by Gasteiger charge is 2.04. The van der Waals surface area contributed by atoms with Crippen LogP contribution in [0.15, 0.2) is 12.1 Å². The van der Waals surface area contributed by atoms with E-state index in [-0.39, 0.29) is 12.4 Å². The molecule has 1 aromatic rings. The third kappa shape index (κ3) is 1.81. The van der Waals surface area contributed by atoms with Crippen LogP contribution in [0.2, 0.25) is 0 Å². The van der Waals surface area contributed by atoms with E-state index >= 15 is 0 Å². The summed E-state index contributed by atoms with van der Waals surface area (Å²) in [7, 11) is 0. The van der Waals surface area contributed by atoms with Crippen LogP contribution in [0.3, 0.4) is 0 Å². The summed E-state index contributed by atoms with van der Waals surface area (Å²) in [5.41, 5.74) is 4.05. The Kier molecular flexibility index (Phi) is 2.78. The van der Waals surface area contributed by atoms with E-state index in [4.69, 9.17) is 5.21 Å². The highest BCUT2D eigenvalue weighted by atomic mass is 19.1. The van der Waals surface area contributed by atoms with Gasteiger partial charge in [0.05, 0.1) is 0 Å². The van der Waals surface area contributed by atoms with Crippen molar-refractivity contribution in [3.8, 4) is 0 Å². The number of hydrogen-bond donors (Lipinski definition) is 2. The van der Waals surface area contributed by atoms with Crippen molar-refractivity contribution < 1.29 is 9.60 Å². The van der Waals surface area contributed by atoms with Crippen LogP contribution < -0.4 is 5.48 Å². The minimum absolute atomic E-state index is 0.147. The maximum absolute atomic E-state index is 13.2. The zero-order valence-electron chi connectivity index (χ0n) is 7.19. The van der Waals surface area contributed by atoms with Crippen molar-refractivity contribution in [3.05, 3.63) is 34.6 Å². The van der Waals surface area contributed by atoms with E-state index in [9.17, 15) is 4.39 Å². The summed E-state index contributed by atoms with van der Waals surface area (Å²) < 4.78 is 13.2. The number of rotatable bonds is 2. The molecule has 0 saturated carbocycles. The summed E-state index contributed by atoms with van der Waals surface area (Å²) in [6.07, 6.45) is 0. The van der Waals surface area contributed by atoms with Gasteiger partial charge in [-0.1, -0.05) is 17.7 Å². The maximum atomic E-state index is 13.2. The molecule has 0 amide bonds. The Bertz CT molecular complexity index is 286. The van der Waals surface area contributed by atoms with E-state index in [1.165, 1.54) is 0 Å². The van der Waals surface area contributed by atoms with E-state index in [2.05, 4.69) is 0 Å². The van der Waals surface area contributed by atoms with Gasteiger partial charge in [-0.15, -0.1) is 0 Å². The predicted molar refractivity (Wildman–Crippen MR) is 44.5 cm³/mol. The molecule has 0 aliphatic rings. The van der Waals surface area contributed by atoms with Crippen molar-refractivity contribution in [1.29, 1.82) is 0 Å². The second-order valence-electron chi connectivity index (χ2n) is 2.89. The molecule has 0 unspecified atom stereocenters. The topological polar surface area (TPSA) is 32.3 Å². The Morgan fingerprint density at radius 3 is 2.67 bits per heavy atom. The lowest BCUT2D eigenvalue weighted by atomic mass is 10.1. The molecular weight excluding hydrogens is 157 g/mol. The van der Waals surface area contributed by atoms with E-state index < -0.39 is 0 Å². The fourth-order valence-corrected chi connectivity index (χ4v) is 1.25. The summed E-state index contributed by atoms with van der Waals surface area (Å²) >= 11 is 0. The van der Waals surface area contributed by atoms with Crippen LogP contribution in [-0.2, 0) is 6.54 Å². The monoisotopic (exact) mass is 169 g/mol. The average Bonchev–Trinajstić information content (AvgIpc) is 2.00. The standard InChI is InChI=1S/C9H12FNO/c1-6-3-7(2)9(10)8(4-6)5-11-12/h3-4,11-12H,5H2,1-2H3. The molecule has 0 aliphatic carbocycles. The molecule has 1 rings (SSSR count). The second kappa shape index (κ2) is 3.65. The van der Waals surface area contributed by atoms with Crippen molar-refractivity contribution in [2.75, 3.05) is 0 Å². The lowest BCUT2D eigenvalue weighted by molar-refractivity contribution is 0.160. The number of nitrogens with one attached hydrogen (secondary N) is 1. The van der Waals surface area contributed by atoms with Crippen LogP contribution in [0.5, 0.6) is 0 Å². The van der Waals surface area contributed by atoms with Crippen LogP contribution in [0, 0.1) is 19.7 Å². The SMILES string of the molecule is Cc1cc(C)c(F)c(CNO)c1. The molecule has 0 radical (unpaired) electrons. The van der Waals surface area contributed by atoms with Crippen molar-refractivity contribution >= 4 is 0 Å². The molecular formula is C9H12FNO. The fraction of sp³-hybridized carbons (Fsp3) is 0.333. The molecule has 2 nitrogen and oxygen atoms in total. The van der Waals surface area contributed by atoms with Crippen LogP contribution in [0.25, 0.3) is 0 Å². The van der Waals surface area contributed by atoms with Gasteiger partial charge in [0.25, 0.3) is 0 Å². The van der Waals surface area contributed by atoms with Gasteiger partial charge in [-0.05, 0) is 19.4 Å². The molecule has 2 N–H and O–H groups in total. The minimum Gasteiger partial charge on any atom is -0.316 e. The molecule has 0 aliphatic heterocycles. The largest absolute Gasteiger partial charge is 0.316 e. The lowest BCUT2D eigenvalue weighted by Crippen LogP contribution is -2.08. The molecule has 0 atom stereocenters. The number of aryl methyl sites for hydroxylation is 2.